The highest BCUT2D eigenvalue weighted by Gasteiger charge is 2.27. The number of nitrogens with one attached hydrogen (secondary N) is 1. The Morgan fingerprint density at radius 1 is 0.743 bits per heavy atom. The molecule has 2 aromatic carbocycles. The number of carbonyl (C=O) groups excluding carboxylic acids is 2. The summed E-state index contributed by atoms with van der Waals surface area (Å²) in [6, 6.07) is 23.3. The summed E-state index contributed by atoms with van der Waals surface area (Å²) in [5.41, 5.74) is 2.43. The Labute approximate surface area is 206 Å². The van der Waals surface area contributed by atoms with Gasteiger partial charge in [0.1, 0.15) is 5.82 Å². The van der Waals surface area contributed by atoms with Crippen LogP contribution in [0, 0.1) is 0 Å². The fourth-order valence-electron chi connectivity index (χ4n) is 4.90. The highest BCUT2D eigenvalue weighted by Crippen LogP contribution is 2.26. The number of piperidine rings is 1. The van der Waals surface area contributed by atoms with Gasteiger partial charge in [-0.2, -0.15) is 0 Å². The van der Waals surface area contributed by atoms with Crippen molar-refractivity contribution in [3.63, 3.8) is 0 Å². The molecule has 0 bridgehead atoms. The molecule has 7 nitrogen and oxygen atoms in total. The standard InChI is InChI=1S/C28H31N5O2/c34-27(22-8-2-1-3-9-22)30-23-13-16-31(17-14-23)25-11-5-4-10-24(25)28(35)33-20-18-32(19-21-33)26-12-6-7-15-29-26/h1-12,15,23H,13-14,16-21H2,(H,30,34). The molecule has 5 rings (SSSR count). The Bertz CT molecular complexity index is 1140. The third-order valence-electron chi connectivity index (χ3n) is 6.88. The summed E-state index contributed by atoms with van der Waals surface area (Å²) >= 11 is 0. The zero-order valence-electron chi connectivity index (χ0n) is 19.8. The van der Waals surface area contributed by atoms with Crippen molar-refractivity contribution < 1.29 is 9.59 Å². The molecule has 0 saturated carbocycles. The number of piperazine rings is 1. The van der Waals surface area contributed by atoms with E-state index in [2.05, 4.69) is 20.1 Å². The van der Waals surface area contributed by atoms with Crippen LogP contribution in [0.4, 0.5) is 11.5 Å². The maximum atomic E-state index is 13.5. The Morgan fingerprint density at radius 3 is 2.14 bits per heavy atom. The van der Waals surface area contributed by atoms with Gasteiger partial charge in [0.05, 0.1) is 5.56 Å². The van der Waals surface area contributed by atoms with E-state index in [1.165, 1.54) is 0 Å². The van der Waals surface area contributed by atoms with Gasteiger partial charge in [0, 0.05) is 62.8 Å². The number of rotatable bonds is 5. The molecule has 180 valence electrons. The van der Waals surface area contributed by atoms with Crippen molar-refractivity contribution in [3.8, 4) is 0 Å². The molecular formula is C28H31N5O2. The van der Waals surface area contributed by atoms with E-state index in [4.69, 9.17) is 0 Å². The number of para-hydroxylation sites is 1. The van der Waals surface area contributed by atoms with Crippen LogP contribution in [0.25, 0.3) is 0 Å². The van der Waals surface area contributed by atoms with E-state index in [9.17, 15) is 9.59 Å². The lowest BCUT2D eigenvalue weighted by Gasteiger charge is -2.37. The molecular weight excluding hydrogens is 438 g/mol. The zero-order chi connectivity index (χ0) is 24.0. The van der Waals surface area contributed by atoms with E-state index >= 15 is 0 Å². The van der Waals surface area contributed by atoms with Crippen molar-refractivity contribution >= 4 is 23.3 Å². The summed E-state index contributed by atoms with van der Waals surface area (Å²) in [5, 5.41) is 3.16. The molecule has 2 fully saturated rings. The number of benzene rings is 2. The minimum Gasteiger partial charge on any atom is -0.371 e. The number of nitrogens with zero attached hydrogens (tertiary/aromatic N) is 4. The first-order valence-electron chi connectivity index (χ1n) is 12.3. The molecule has 3 heterocycles. The summed E-state index contributed by atoms with van der Waals surface area (Å²) in [7, 11) is 0. The van der Waals surface area contributed by atoms with Gasteiger partial charge in [0.2, 0.25) is 0 Å². The molecule has 2 saturated heterocycles. The largest absolute Gasteiger partial charge is 0.371 e. The number of aromatic nitrogens is 1. The first-order chi connectivity index (χ1) is 17.2. The van der Waals surface area contributed by atoms with Crippen LogP contribution in [0.15, 0.2) is 79.0 Å². The average Bonchev–Trinajstić information content (AvgIpc) is 2.94. The molecule has 7 heteroatoms. The van der Waals surface area contributed by atoms with E-state index < -0.39 is 0 Å². The number of anilines is 2. The summed E-state index contributed by atoms with van der Waals surface area (Å²) < 4.78 is 0. The molecule has 1 N–H and O–H groups in total. The number of carbonyl (C=O) groups is 2. The van der Waals surface area contributed by atoms with Crippen LogP contribution in [0.1, 0.15) is 33.6 Å². The Balaban J connectivity index is 1.19. The van der Waals surface area contributed by atoms with Gasteiger partial charge in [0.15, 0.2) is 0 Å². The fraction of sp³-hybridized carbons (Fsp3) is 0.321. The van der Waals surface area contributed by atoms with Crippen LogP contribution in [0.5, 0.6) is 0 Å². The van der Waals surface area contributed by atoms with E-state index in [1.807, 2.05) is 77.7 Å². The number of hydrogen-bond donors (Lipinski definition) is 1. The van der Waals surface area contributed by atoms with Gasteiger partial charge in [-0.25, -0.2) is 4.98 Å². The third-order valence-corrected chi connectivity index (χ3v) is 6.88. The summed E-state index contributed by atoms with van der Waals surface area (Å²) in [5.74, 6) is 1.02. The molecule has 2 aliphatic rings. The van der Waals surface area contributed by atoms with Gasteiger partial charge >= 0.3 is 0 Å². The quantitative estimate of drug-likeness (QED) is 0.620. The topological polar surface area (TPSA) is 68.8 Å². The van der Waals surface area contributed by atoms with Gasteiger partial charge in [-0.3, -0.25) is 9.59 Å². The van der Waals surface area contributed by atoms with Crippen LogP contribution < -0.4 is 15.1 Å². The highest BCUT2D eigenvalue weighted by atomic mass is 16.2. The molecule has 35 heavy (non-hydrogen) atoms. The lowest BCUT2D eigenvalue weighted by molar-refractivity contribution is 0.0747. The van der Waals surface area contributed by atoms with Crippen LogP contribution in [-0.4, -0.2) is 67.0 Å². The second-order valence-corrected chi connectivity index (χ2v) is 9.09. The van der Waals surface area contributed by atoms with E-state index in [0.717, 1.165) is 56.1 Å². The van der Waals surface area contributed by atoms with Crippen molar-refractivity contribution in [3.05, 3.63) is 90.1 Å². The minimum absolute atomic E-state index is 0.0236. The van der Waals surface area contributed by atoms with Gasteiger partial charge in [-0.05, 0) is 49.2 Å². The molecule has 0 aliphatic carbocycles. The molecule has 0 atom stereocenters. The smallest absolute Gasteiger partial charge is 0.256 e. The molecule has 1 aromatic heterocycles. The second kappa shape index (κ2) is 10.6. The van der Waals surface area contributed by atoms with E-state index in [-0.39, 0.29) is 17.9 Å². The summed E-state index contributed by atoms with van der Waals surface area (Å²) in [6.07, 6.45) is 3.51. The number of pyridine rings is 1. The summed E-state index contributed by atoms with van der Waals surface area (Å²) in [6.45, 7) is 4.51. The van der Waals surface area contributed by atoms with Crippen LogP contribution in [0.2, 0.25) is 0 Å². The van der Waals surface area contributed by atoms with Gasteiger partial charge < -0.3 is 20.0 Å². The van der Waals surface area contributed by atoms with Gasteiger partial charge in [-0.1, -0.05) is 36.4 Å². The van der Waals surface area contributed by atoms with Crippen molar-refractivity contribution in [2.45, 2.75) is 18.9 Å². The lowest BCUT2D eigenvalue weighted by atomic mass is 10.0. The second-order valence-electron chi connectivity index (χ2n) is 9.09. The Morgan fingerprint density at radius 2 is 1.43 bits per heavy atom. The van der Waals surface area contributed by atoms with Crippen molar-refractivity contribution in [1.82, 2.24) is 15.2 Å². The molecule has 2 amide bonds. The third kappa shape index (κ3) is 5.29. The highest BCUT2D eigenvalue weighted by molar-refractivity contribution is 6.00. The molecule has 3 aromatic rings. The number of hydrogen-bond acceptors (Lipinski definition) is 5. The maximum absolute atomic E-state index is 13.5. The predicted molar refractivity (Wildman–Crippen MR) is 138 cm³/mol. The molecule has 0 radical (unpaired) electrons. The Kier molecular flexibility index (Phi) is 6.93. The van der Waals surface area contributed by atoms with Crippen molar-refractivity contribution in [2.75, 3.05) is 49.1 Å². The lowest BCUT2D eigenvalue weighted by Crippen LogP contribution is -2.49. The van der Waals surface area contributed by atoms with Crippen LogP contribution in [0.3, 0.4) is 0 Å². The van der Waals surface area contributed by atoms with Gasteiger partial charge in [-0.15, -0.1) is 0 Å². The first-order valence-corrected chi connectivity index (χ1v) is 12.3. The maximum Gasteiger partial charge on any atom is 0.256 e. The average molecular weight is 470 g/mol. The zero-order valence-corrected chi connectivity index (χ0v) is 19.8. The molecule has 0 unspecified atom stereocenters. The summed E-state index contributed by atoms with van der Waals surface area (Å²) in [4.78, 5) is 36.9. The minimum atomic E-state index is -0.0236. The monoisotopic (exact) mass is 469 g/mol. The van der Waals surface area contributed by atoms with E-state index in [1.54, 1.807) is 6.20 Å². The first kappa shape index (κ1) is 22.9. The SMILES string of the molecule is O=C(NC1CCN(c2ccccc2C(=O)N2CCN(c3ccccn3)CC2)CC1)c1ccccc1. The molecule has 0 spiro atoms. The molecule has 2 aliphatic heterocycles. The predicted octanol–water partition coefficient (Wildman–Crippen LogP) is 3.44. The van der Waals surface area contributed by atoms with E-state index in [0.29, 0.717) is 18.7 Å². The van der Waals surface area contributed by atoms with Crippen LogP contribution >= 0.6 is 0 Å². The number of amides is 2. The van der Waals surface area contributed by atoms with Crippen molar-refractivity contribution in [1.29, 1.82) is 0 Å². The normalized spacial score (nSPS) is 16.7. The van der Waals surface area contributed by atoms with Gasteiger partial charge in [0.25, 0.3) is 11.8 Å². The fourth-order valence-corrected chi connectivity index (χ4v) is 4.90. The van der Waals surface area contributed by atoms with Crippen LogP contribution in [-0.2, 0) is 0 Å². The van der Waals surface area contributed by atoms with Crippen molar-refractivity contribution in [2.24, 2.45) is 0 Å². The Hall–Kier alpha value is -3.87.